The lowest BCUT2D eigenvalue weighted by molar-refractivity contribution is -0.129. The van der Waals surface area contributed by atoms with Gasteiger partial charge in [-0.25, -0.2) is 9.18 Å². The van der Waals surface area contributed by atoms with Gasteiger partial charge in [0.25, 0.3) is 0 Å². The summed E-state index contributed by atoms with van der Waals surface area (Å²) < 4.78 is 13.3. The molecule has 0 spiro atoms. The predicted octanol–water partition coefficient (Wildman–Crippen LogP) is 1.11. The van der Waals surface area contributed by atoms with Crippen LogP contribution < -0.4 is 11.1 Å². The summed E-state index contributed by atoms with van der Waals surface area (Å²) in [5.74, 6) is -0.940. The van der Waals surface area contributed by atoms with E-state index in [1.807, 2.05) is 0 Å². The number of nitrogens with one attached hydrogen (secondary N) is 1. The number of benzene rings is 1. The molecule has 1 aliphatic rings. The molecular formula is C13H15FN4O3. The van der Waals surface area contributed by atoms with Crippen LogP contribution >= 0.6 is 0 Å². The summed E-state index contributed by atoms with van der Waals surface area (Å²) in [7, 11) is 1.43. The van der Waals surface area contributed by atoms with E-state index in [0.29, 0.717) is 5.56 Å². The first kappa shape index (κ1) is 14.8. The van der Waals surface area contributed by atoms with Crippen LogP contribution in [-0.4, -0.2) is 35.0 Å². The number of rotatable bonds is 1. The molecule has 1 saturated heterocycles. The van der Waals surface area contributed by atoms with Crippen LogP contribution in [0, 0.1) is 5.82 Å². The second-order valence-electron chi connectivity index (χ2n) is 5.04. The van der Waals surface area contributed by atoms with Crippen LogP contribution in [0.2, 0.25) is 0 Å². The van der Waals surface area contributed by atoms with Crippen molar-refractivity contribution in [3.05, 3.63) is 29.6 Å². The van der Waals surface area contributed by atoms with Crippen LogP contribution in [0.1, 0.15) is 18.9 Å². The summed E-state index contributed by atoms with van der Waals surface area (Å²) in [5.41, 5.74) is 5.15. The van der Waals surface area contributed by atoms with Crippen molar-refractivity contribution in [3.63, 3.8) is 0 Å². The van der Waals surface area contributed by atoms with E-state index >= 15 is 0 Å². The SMILES string of the molecule is CN1C(=O)C[C@@](C)(c2ccc(F)c(N)c2)N/C1=N\C(=O)O. The maximum Gasteiger partial charge on any atom is 0.434 e. The molecule has 21 heavy (non-hydrogen) atoms. The van der Waals surface area contributed by atoms with E-state index in [9.17, 15) is 14.0 Å². The Hall–Kier alpha value is -2.64. The number of carbonyl (C=O) groups excluding carboxylic acids is 1. The lowest BCUT2D eigenvalue weighted by Crippen LogP contribution is -2.58. The Morgan fingerprint density at radius 3 is 2.81 bits per heavy atom. The molecule has 7 nitrogen and oxygen atoms in total. The molecule has 2 rings (SSSR count). The summed E-state index contributed by atoms with van der Waals surface area (Å²) in [5, 5.41) is 11.7. The number of aliphatic imine (C=N–C) groups is 1. The van der Waals surface area contributed by atoms with E-state index in [2.05, 4.69) is 10.3 Å². The molecule has 112 valence electrons. The van der Waals surface area contributed by atoms with E-state index in [1.54, 1.807) is 6.92 Å². The molecular weight excluding hydrogens is 279 g/mol. The van der Waals surface area contributed by atoms with Crippen molar-refractivity contribution in [2.75, 3.05) is 12.8 Å². The average molecular weight is 294 g/mol. The van der Waals surface area contributed by atoms with E-state index < -0.39 is 17.4 Å². The fourth-order valence-electron chi connectivity index (χ4n) is 2.17. The molecule has 8 heteroatoms. The summed E-state index contributed by atoms with van der Waals surface area (Å²) in [6, 6.07) is 4.11. The molecule has 2 amide bonds. The van der Waals surface area contributed by atoms with Crippen LogP contribution in [0.25, 0.3) is 0 Å². The molecule has 1 heterocycles. The molecule has 0 bridgehead atoms. The Balaban J connectivity index is 2.44. The Kier molecular flexibility index (Phi) is 3.54. The Bertz CT molecular complexity index is 646. The molecule has 0 saturated carbocycles. The van der Waals surface area contributed by atoms with Gasteiger partial charge in [0.1, 0.15) is 5.82 Å². The van der Waals surface area contributed by atoms with Gasteiger partial charge in [0.05, 0.1) is 17.6 Å². The normalized spacial score (nSPS) is 24.0. The van der Waals surface area contributed by atoms with Crippen molar-refractivity contribution >= 4 is 23.6 Å². The minimum absolute atomic E-state index is 0.0429. The van der Waals surface area contributed by atoms with Gasteiger partial charge in [0, 0.05) is 7.05 Å². The first-order valence-corrected chi connectivity index (χ1v) is 6.15. The monoisotopic (exact) mass is 294 g/mol. The van der Waals surface area contributed by atoms with Crippen molar-refractivity contribution in [2.24, 2.45) is 4.99 Å². The van der Waals surface area contributed by atoms with Gasteiger partial charge < -0.3 is 16.2 Å². The second kappa shape index (κ2) is 5.04. The molecule has 1 aliphatic heterocycles. The van der Waals surface area contributed by atoms with Crippen LogP contribution in [0.5, 0.6) is 0 Å². The van der Waals surface area contributed by atoms with Gasteiger partial charge in [-0.15, -0.1) is 4.99 Å². The third-order valence-electron chi connectivity index (χ3n) is 3.42. The largest absolute Gasteiger partial charge is 0.463 e. The van der Waals surface area contributed by atoms with Gasteiger partial charge in [0.2, 0.25) is 11.9 Å². The van der Waals surface area contributed by atoms with Crippen LogP contribution in [0.3, 0.4) is 0 Å². The van der Waals surface area contributed by atoms with E-state index in [-0.39, 0.29) is 24.0 Å². The molecule has 4 N–H and O–H groups in total. The van der Waals surface area contributed by atoms with Gasteiger partial charge in [-0.1, -0.05) is 6.07 Å². The zero-order chi connectivity index (χ0) is 15.8. The van der Waals surface area contributed by atoms with Crippen LogP contribution in [0.4, 0.5) is 14.9 Å². The summed E-state index contributed by atoms with van der Waals surface area (Å²) >= 11 is 0. The lowest BCUT2D eigenvalue weighted by Gasteiger charge is -2.40. The van der Waals surface area contributed by atoms with Crippen molar-refractivity contribution in [1.82, 2.24) is 10.2 Å². The number of nitrogens with zero attached hydrogens (tertiary/aromatic N) is 2. The smallest absolute Gasteiger partial charge is 0.434 e. The first-order valence-electron chi connectivity index (χ1n) is 6.15. The number of nitrogens with two attached hydrogens (primary N) is 1. The molecule has 1 atom stereocenters. The lowest BCUT2D eigenvalue weighted by atomic mass is 9.86. The number of hydrogen-bond acceptors (Lipinski definition) is 3. The number of hydrogen-bond donors (Lipinski definition) is 3. The van der Waals surface area contributed by atoms with Crippen molar-refractivity contribution in [3.8, 4) is 0 Å². The topological polar surface area (TPSA) is 108 Å². The number of guanidine groups is 1. The number of halogens is 1. The van der Waals surface area contributed by atoms with E-state index in [1.165, 1.54) is 25.2 Å². The standard InChI is InChI=1S/C13H15FN4O3/c1-13(7-3-4-8(14)9(15)5-7)6-10(19)18(2)11(17-13)16-12(20)21/h3-5H,6,15H2,1-2H3,(H,16,17)(H,20,21)/t13-/m0/s1. The minimum atomic E-state index is -1.42. The third-order valence-corrected chi connectivity index (χ3v) is 3.42. The fraction of sp³-hybridized carbons (Fsp3) is 0.308. The van der Waals surface area contributed by atoms with Crippen LogP contribution in [-0.2, 0) is 10.3 Å². The Labute approximate surface area is 120 Å². The molecule has 1 aromatic rings. The van der Waals surface area contributed by atoms with Crippen molar-refractivity contribution in [2.45, 2.75) is 18.9 Å². The highest BCUT2D eigenvalue weighted by Crippen LogP contribution is 2.30. The summed E-state index contributed by atoms with van der Waals surface area (Å²) in [4.78, 5) is 27.2. The number of anilines is 1. The van der Waals surface area contributed by atoms with Gasteiger partial charge >= 0.3 is 6.09 Å². The maximum absolute atomic E-state index is 13.3. The van der Waals surface area contributed by atoms with Crippen molar-refractivity contribution < 1.29 is 19.1 Å². The molecule has 0 aromatic heterocycles. The number of carbonyl (C=O) groups is 2. The first-order chi connectivity index (χ1) is 9.73. The zero-order valence-electron chi connectivity index (χ0n) is 11.6. The molecule has 1 aromatic carbocycles. The fourth-order valence-corrected chi connectivity index (χ4v) is 2.17. The molecule has 0 unspecified atom stereocenters. The zero-order valence-corrected chi connectivity index (χ0v) is 11.6. The Morgan fingerprint density at radius 2 is 2.24 bits per heavy atom. The highest BCUT2D eigenvalue weighted by atomic mass is 19.1. The molecule has 1 fully saturated rings. The Morgan fingerprint density at radius 1 is 1.57 bits per heavy atom. The van der Waals surface area contributed by atoms with Gasteiger partial charge in [-0.3, -0.25) is 9.69 Å². The summed E-state index contributed by atoms with van der Waals surface area (Å²) in [6.07, 6.45) is -1.35. The second-order valence-corrected chi connectivity index (χ2v) is 5.04. The van der Waals surface area contributed by atoms with Crippen LogP contribution in [0.15, 0.2) is 23.2 Å². The maximum atomic E-state index is 13.3. The third kappa shape index (κ3) is 2.78. The number of nitrogen functional groups attached to an aromatic ring is 1. The van der Waals surface area contributed by atoms with E-state index in [0.717, 1.165) is 4.90 Å². The quantitative estimate of drug-likeness (QED) is 0.672. The number of carboxylic acid groups (broad SMARTS) is 1. The van der Waals surface area contributed by atoms with Gasteiger partial charge in [-0.05, 0) is 24.6 Å². The highest BCUT2D eigenvalue weighted by Gasteiger charge is 2.39. The van der Waals surface area contributed by atoms with Gasteiger partial charge in [-0.2, -0.15) is 0 Å². The summed E-state index contributed by atoms with van der Waals surface area (Å²) in [6.45, 7) is 1.70. The number of amides is 2. The van der Waals surface area contributed by atoms with Crippen molar-refractivity contribution in [1.29, 1.82) is 0 Å². The van der Waals surface area contributed by atoms with E-state index in [4.69, 9.17) is 10.8 Å². The molecule has 0 radical (unpaired) electrons. The minimum Gasteiger partial charge on any atom is -0.463 e. The molecule has 0 aliphatic carbocycles. The van der Waals surface area contributed by atoms with Gasteiger partial charge in [0.15, 0.2) is 0 Å². The average Bonchev–Trinajstić information content (AvgIpc) is 2.38. The predicted molar refractivity (Wildman–Crippen MR) is 74.1 cm³/mol. The highest BCUT2D eigenvalue weighted by molar-refractivity contribution is 6.03.